The van der Waals surface area contributed by atoms with E-state index in [1.165, 1.54) is 0 Å². The fraction of sp³-hybridized carbons (Fsp3) is 0.900. The van der Waals surface area contributed by atoms with Crippen LogP contribution in [0.15, 0.2) is 0 Å². The largest absolute Gasteiger partial charge is 0.444 e. The molecule has 8 heteroatoms. The molecule has 1 unspecified atom stereocenters. The molecule has 0 bridgehead atoms. The van der Waals surface area contributed by atoms with E-state index in [1.54, 1.807) is 11.8 Å². The van der Waals surface area contributed by atoms with Gasteiger partial charge in [-0.2, -0.15) is 0 Å². The minimum atomic E-state index is -2.07. The first kappa shape index (κ1) is 24.9. The van der Waals surface area contributed by atoms with Crippen LogP contribution in [-0.4, -0.2) is 61.5 Å². The number of aliphatic hydroxyl groups is 1. The molecule has 164 valence electrons. The summed E-state index contributed by atoms with van der Waals surface area (Å²) in [7, 11) is -2.07. The molecule has 0 aromatic heterocycles. The lowest BCUT2D eigenvalue weighted by atomic mass is 9.97. The van der Waals surface area contributed by atoms with Gasteiger partial charge in [0.15, 0.2) is 8.32 Å². The van der Waals surface area contributed by atoms with Crippen molar-refractivity contribution in [2.75, 3.05) is 13.1 Å². The summed E-state index contributed by atoms with van der Waals surface area (Å²) in [4.78, 5) is 26.1. The Morgan fingerprint density at radius 2 is 1.57 bits per heavy atom. The Kier molecular flexibility index (Phi) is 8.13. The van der Waals surface area contributed by atoms with Gasteiger partial charge in [0.2, 0.25) is 6.29 Å². The number of likely N-dealkylation sites (tertiary alicyclic amines) is 1. The predicted molar refractivity (Wildman–Crippen MR) is 110 cm³/mol. The maximum absolute atomic E-state index is 12.4. The van der Waals surface area contributed by atoms with E-state index in [0.29, 0.717) is 25.9 Å². The zero-order valence-electron chi connectivity index (χ0n) is 19.0. The summed E-state index contributed by atoms with van der Waals surface area (Å²) in [6, 6.07) is 0. The summed E-state index contributed by atoms with van der Waals surface area (Å²) in [6.45, 7) is 18.6. The maximum atomic E-state index is 12.4. The van der Waals surface area contributed by atoms with Gasteiger partial charge in [-0.3, -0.25) is 4.79 Å². The zero-order valence-corrected chi connectivity index (χ0v) is 20.0. The number of hydrogen-bond acceptors (Lipinski definition) is 6. The van der Waals surface area contributed by atoms with Crippen LogP contribution in [0.25, 0.3) is 0 Å². The first-order valence-electron chi connectivity index (χ1n) is 10.1. The Morgan fingerprint density at radius 3 is 2.00 bits per heavy atom. The van der Waals surface area contributed by atoms with Crippen molar-refractivity contribution < 1.29 is 28.6 Å². The molecule has 7 nitrogen and oxygen atoms in total. The standard InChI is InChI=1S/C20H39NO6Si/c1-14(27-28(8,9)20(5,6)7)16(22)25-17(23)15-10-12-21(13-11-15)18(24)26-19(2,3)4/h14-16,22H,10-13H2,1-9H3/t14-,16?/m0/s1. The number of rotatable bonds is 5. The van der Waals surface area contributed by atoms with Crippen molar-refractivity contribution in [3.8, 4) is 0 Å². The number of esters is 1. The average molecular weight is 418 g/mol. The second-order valence-electron chi connectivity index (χ2n) is 10.2. The lowest BCUT2D eigenvalue weighted by Gasteiger charge is -2.39. The summed E-state index contributed by atoms with van der Waals surface area (Å²) in [5.74, 6) is -0.782. The van der Waals surface area contributed by atoms with Crippen molar-refractivity contribution in [1.82, 2.24) is 4.90 Å². The highest BCUT2D eigenvalue weighted by Gasteiger charge is 2.40. The van der Waals surface area contributed by atoms with Gasteiger partial charge in [0, 0.05) is 13.1 Å². The number of amides is 1. The topological polar surface area (TPSA) is 85.3 Å². The number of piperidine rings is 1. The average Bonchev–Trinajstić information content (AvgIpc) is 2.51. The molecule has 0 spiro atoms. The Hall–Kier alpha value is -1.12. The summed E-state index contributed by atoms with van der Waals surface area (Å²) in [6.07, 6.45) is -1.28. The van der Waals surface area contributed by atoms with Crippen LogP contribution in [-0.2, 0) is 18.7 Å². The highest BCUT2D eigenvalue weighted by atomic mass is 28.4. The summed E-state index contributed by atoms with van der Waals surface area (Å²) < 4.78 is 16.7. The quantitative estimate of drug-likeness (QED) is 0.415. The van der Waals surface area contributed by atoms with E-state index in [2.05, 4.69) is 33.9 Å². The van der Waals surface area contributed by atoms with Crippen LogP contribution in [0.1, 0.15) is 61.3 Å². The van der Waals surface area contributed by atoms with Crippen LogP contribution < -0.4 is 0 Å². The van der Waals surface area contributed by atoms with Crippen molar-refractivity contribution in [2.24, 2.45) is 5.92 Å². The van der Waals surface area contributed by atoms with Crippen molar-refractivity contribution in [3.63, 3.8) is 0 Å². The highest BCUT2D eigenvalue weighted by molar-refractivity contribution is 6.74. The molecule has 0 aliphatic carbocycles. The summed E-state index contributed by atoms with van der Waals surface area (Å²) >= 11 is 0. The lowest BCUT2D eigenvalue weighted by molar-refractivity contribution is -0.188. The van der Waals surface area contributed by atoms with E-state index in [-0.39, 0.29) is 17.0 Å². The summed E-state index contributed by atoms with van der Waals surface area (Å²) in [5, 5.41) is 10.3. The zero-order chi connectivity index (χ0) is 21.9. The molecule has 0 radical (unpaired) electrons. The molecule has 2 atom stereocenters. The molecule has 1 heterocycles. The molecule has 1 N–H and O–H groups in total. The van der Waals surface area contributed by atoms with Crippen LogP contribution in [0, 0.1) is 5.92 Å². The van der Waals surface area contributed by atoms with Crippen LogP contribution in [0.4, 0.5) is 4.79 Å². The van der Waals surface area contributed by atoms with Gasteiger partial charge in [-0.25, -0.2) is 4.79 Å². The minimum absolute atomic E-state index is 0.000515. The minimum Gasteiger partial charge on any atom is -0.444 e. The Labute approximate surface area is 170 Å². The van der Waals surface area contributed by atoms with Crippen molar-refractivity contribution in [3.05, 3.63) is 0 Å². The molecular weight excluding hydrogens is 378 g/mol. The van der Waals surface area contributed by atoms with Gasteiger partial charge in [-0.05, 0) is 58.7 Å². The molecule has 1 aliphatic rings. The molecule has 1 rings (SSSR count). The number of ether oxygens (including phenoxy) is 2. The van der Waals surface area contributed by atoms with Crippen LogP contribution in [0.5, 0.6) is 0 Å². The number of aliphatic hydroxyl groups excluding tert-OH is 1. The van der Waals surface area contributed by atoms with Gasteiger partial charge >= 0.3 is 12.1 Å². The van der Waals surface area contributed by atoms with Gasteiger partial charge in [0.1, 0.15) is 11.7 Å². The number of carbonyl (C=O) groups excluding carboxylic acids is 2. The Morgan fingerprint density at radius 1 is 1.07 bits per heavy atom. The smallest absolute Gasteiger partial charge is 0.410 e. The molecule has 1 saturated heterocycles. The fourth-order valence-corrected chi connectivity index (χ4v) is 4.03. The van der Waals surface area contributed by atoms with E-state index in [0.717, 1.165) is 0 Å². The lowest BCUT2D eigenvalue weighted by Crippen LogP contribution is -2.47. The molecule has 1 aliphatic heterocycles. The van der Waals surface area contributed by atoms with Gasteiger partial charge in [0.05, 0.1) is 5.92 Å². The van der Waals surface area contributed by atoms with Gasteiger partial charge in [-0.15, -0.1) is 0 Å². The number of nitrogens with zero attached hydrogens (tertiary/aromatic N) is 1. The van der Waals surface area contributed by atoms with Crippen molar-refractivity contribution in [2.45, 2.75) is 97.4 Å². The predicted octanol–water partition coefficient (Wildman–Crippen LogP) is 3.91. The van der Waals surface area contributed by atoms with Crippen molar-refractivity contribution >= 4 is 20.4 Å². The van der Waals surface area contributed by atoms with Crippen LogP contribution in [0.2, 0.25) is 18.1 Å². The van der Waals surface area contributed by atoms with E-state index in [4.69, 9.17) is 13.9 Å². The molecule has 1 amide bonds. The molecule has 0 saturated carbocycles. The Bertz CT molecular complexity index is 544. The normalized spacial score (nSPS) is 19.1. The van der Waals surface area contributed by atoms with E-state index < -0.39 is 32.3 Å². The number of hydrogen-bond donors (Lipinski definition) is 1. The van der Waals surface area contributed by atoms with Crippen molar-refractivity contribution in [1.29, 1.82) is 0 Å². The molecule has 28 heavy (non-hydrogen) atoms. The second-order valence-corrected chi connectivity index (χ2v) is 14.9. The van der Waals surface area contributed by atoms with Gasteiger partial charge in [-0.1, -0.05) is 20.8 Å². The van der Waals surface area contributed by atoms with Crippen LogP contribution in [0.3, 0.4) is 0 Å². The van der Waals surface area contributed by atoms with E-state index >= 15 is 0 Å². The molecule has 0 aromatic rings. The van der Waals surface area contributed by atoms with Gasteiger partial charge < -0.3 is 23.9 Å². The molecular formula is C20H39NO6Si. The first-order chi connectivity index (χ1) is 12.5. The third kappa shape index (κ3) is 7.37. The SMILES string of the molecule is C[C@H](O[Si](C)(C)C(C)(C)C)C(O)OC(=O)C1CCN(C(=O)OC(C)(C)C)CC1. The Balaban J connectivity index is 2.51. The van der Waals surface area contributed by atoms with E-state index in [9.17, 15) is 14.7 Å². The van der Waals surface area contributed by atoms with Crippen LogP contribution >= 0.6 is 0 Å². The fourth-order valence-electron chi connectivity index (χ4n) is 2.64. The van der Waals surface area contributed by atoms with E-state index in [1.807, 2.05) is 20.8 Å². The van der Waals surface area contributed by atoms with Gasteiger partial charge in [0.25, 0.3) is 0 Å². The molecule has 1 fully saturated rings. The number of carbonyl (C=O) groups is 2. The second kappa shape index (κ2) is 9.13. The summed E-state index contributed by atoms with van der Waals surface area (Å²) in [5.41, 5.74) is -0.544. The first-order valence-corrected chi connectivity index (χ1v) is 13.0. The maximum Gasteiger partial charge on any atom is 0.410 e. The third-order valence-electron chi connectivity index (χ3n) is 5.41. The monoisotopic (exact) mass is 417 g/mol. The third-order valence-corrected chi connectivity index (χ3v) is 9.98. The highest BCUT2D eigenvalue weighted by Crippen LogP contribution is 2.37. The molecule has 0 aromatic carbocycles.